The van der Waals surface area contributed by atoms with Crippen LogP contribution in [-0.2, 0) is 11.0 Å². The number of amides is 1. The van der Waals surface area contributed by atoms with E-state index in [1.54, 1.807) is 6.07 Å². The molecule has 132 valence electrons. The number of ether oxygens (including phenoxy) is 1. The number of halogens is 3. The molecule has 2 fully saturated rings. The van der Waals surface area contributed by atoms with E-state index in [1.165, 1.54) is 12.1 Å². The molecule has 3 rings (SSSR count). The molecule has 0 radical (unpaired) electrons. The SMILES string of the molecule is O=C1NCCC1N1CCC(COc2ccccc2C(F)(F)F)CC1. The van der Waals surface area contributed by atoms with Crippen LogP contribution in [0.4, 0.5) is 13.2 Å². The maximum atomic E-state index is 13.0. The molecular formula is C17H21F3N2O2. The average Bonchev–Trinajstić information content (AvgIpc) is 2.99. The van der Waals surface area contributed by atoms with Crippen LogP contribution < -0.4 is 10.1 Å². The van der Waals surface area contributed by atoms with E-state index >= 15 is 0 Å². The highest BCUT2D eigenvalue weighted by Crippen LogP contribution is 2.36. The zero-order valence-electron chi connectivity index (χ0n) is 13.3. The van der Waals surface area contributed by atoms with Gasteiger partial charge in [0.15, 0.2) is 0 Å². The first-order valence-corrected chi connectivity index (χ1v) is 8.26. The van der Waals surface area contributed by atoms with Gasteiger partial charge in [-0.1, -0.05) is 12.1 Å². The van der Waals surface area contributed by atoms with E-state index in [0.29, 0.717) is 0 Å². The zero-order valence-corrected chi connectivity index (χ0v) is 13.3. The maximum Gasteiger partial charge on any atom is 0.419 e. The third-order valence-corrected chi connectivity index (χ3v) is 4.78. The Labute approximate surface area is 139 Å². The van der Waals surface area contributed by atoms with Crippen molar-refractivity contribution in [2.24, 2.45) is 5.92 Å². The summed E-state index contributed by atoms with van der Waals surface area (Å²) >= 11 is 0. The predicted molar refractivity (Wildman–Crippen MR) is 82.7 cm³/mol. The van der Waals surface area contributed by atoms with Crippen LogP contribution in [0.5, 0.6) is 5.75 Å². The van der Waals surface area contributed by atoms with Crippen LogP contribution >= 0.6 is 0 Å². The third kappa shape index (κ3) is 3.83. The van der Waals surface area contributed by atoms with Crippen molar-refractivity contribution in [2.75, 3.05) is 26.2 Å². The lowest BCUT2D eigenvalue weighted by Crippen LogP contribution is -2.45. The lowest BCUT2D eigenvalue weighted by molar-refractivity contribution is -0.139. The number of carbonyl (C=O) groups is 1. The first kappa shape index (κ1) is 17.1. The van der Waals surface area contributed by atoms with Gasteiger partial charge in [-0.25, -0.2) is 0 Å². The molecule has 0 aromatic heterocycles. The molecule has 1 unspecified atom stereocenters. The second kappa shape index (κ2) is 7.01. The van der Waals surface area contributed by atoms with E-state index < -0.39 is 11.7 Å². The molecule has 1 amide bonds. The van der Waals surface area contributed by atoms with Gasteiger partial charge in [0.05, 0.1) is 18.2 Å². The Hall–Kier alpha value is -1.76. The summed E-state index contributed by atoms with van der Waals surface area (Å²) in [6.07, 6.45) is -1.91. The number of likely N-dealkylation sites (tertiary alicyclic amines) is 1. The molecule has 0 bridgehead atoms. The normalized spacial score (nSPS) is 23.3. The van der Waals surface area contributed by atoms with Gasteiger partial charge in [0, 0.05) is 6.54 Å². The van der Waals surface area contributed by atoms with E-state index in [-0.39, 0.29) is 30.2 Å². The van der Waals surface area contributed by atoms with E-state index in [2.05, 4.69) is 10.2 Å². The summed E-state index contributed by atoms with van der Waals surface area (Å²) in [4.78, 5) is 13.9. The van der Waals surface area contributed by atoms with Crippen molar-refractivity contribution in [3.05, 3.63) is 29.8 Å². The molecule has 2 aliphatic heterocycles. The minimum Gasteiger partial charge on any atom is -0.493 e. The van der Waals surface area contributed by atoms with E-state index in [9.17, 15) is 18.0 Å². The lowest BCUT2D eigenvalue weighted by Gasteiger charge is -2.34. The van der Waals surface area contributed by atoms with Crippen molar-refractivity contribution < 1.29 is 22.7 Å². The summed E-state index contributed by atoms with van der Waals surface area (Å²) in [6.45, 7) is 2.57. The minimum atomic E-state index is -4.41. The Bertz CT molecular complexity index is 583. The number of piperidine rings is 1. The minimum absolute atomic E-state index is 0.0437. The summed E-state index contributed by atoms with van der Waals surface area (Å²) in [6, 6.07) is 5.27. The molecule has 0 aliphatic carbocycles. The molecule has 2 aliphatic rings. The van der Waals surface area contributed by atoms with Gasteiger partial charge in [-0.15, -0.1) is 0 Å². The number of nitrogens with zero attached hydrogens (tertiary/aromatic N) is 1. The highest BCUT2D eigenvalue weighted by Gasteiger charge is 2.35. The highest BCUT2D eigenvalue weighted by atomic mass is 19.4. The first-order valence-electron chi connectivity index (χ1n) is 8.26. The van der Waals surface area contributed by atoms with Crippen LogP contribution in [0.3, 0.4) is 0 Å². The van der Waals surface area contributed by atoms with E-state index in [1.807, 2.05) is 0 Å². The standard InChI is InChI=1S/C17H21F3N2O2/c18-17(19,20)13-3-1-2-4-15(13)24-11-12-6-9-22(10-7-12)14-5-8-21-16(14)23/h1-4,12,14H,5-11H2,(H,21,23). The third-order valence-electron chi connectivity index (χ3n) is 4.78. The number of nitrogens with one attached hydrogen (secondary N) is 1. The van der Waals surface area contributed by atoms with Gasteiger partial charge in [-0.05, 0) is 50.4 Å². The molecule has 2 saturated heterocycles. The quantitative estimate of drug-likeness (QED) is 0.915. The summed E-state index contributed by atoms with van der Waals surface area (Å²) in [5.74, 6) is 0.193. The fourth-order valence-electron chi connectivity index (χ4n) is 3.39. The predicted octanol–water partition coefficient (Wildman–Crippen LogP) is 2.68. The van der Waals surface area contributed by atoms with Crippen LogP contribution in [0.1, 0.15) is 24.8 Å². The number of para-hydroxylation sites is 1. The maximum absolute atomic E-state index is 13.0. The Kier molecular flexibility index (Phi) is 4.99. The second-order valence-corrected chi connectivity index (χ2v) is 6.38. The summed E-state index contributed by atoms with van der Waals surface area (Å²) in [5, 5.41) is 2.83. The van der Waals surface area contributed by atoms with Crippen LogP contribution in [0.25, 0.3) is 0 Å². The van der Waals surface area contributed by atoms with Crippen molar-refractivity contribution >= 4 is 5.91 Å². The Morgan fingerprint density at radius 2 is 1.88 bits per heavy atom. The van der Waals surface area contributed by atoms with E-state index in [4.69, 9.17) is 4.74 Å². The summed E-state index contributed by atoms with van der Waals surface area (Å²) in [5.41, 5.74) is -0.731. The van der Waals surface area contributed by atoms with Crippen LogP contribution in [0, 0.1) is 5.92 Å². The molecular weight excluding hydrogens is 321 g/mol. The number of carbonyl (C=O) groups excluding carboxylic acids is 1. The molecule has 0 saturated carbocycles. The van der Waals surface area contributed by atoms with Crippen molar-refractivity contribution in [3.8, 4) is 5.75 Å². The van der Waals surface area contributed by atoms with Crippen molar-refractivity contribution in [1.82, 2.24) is 10.2 Å². The van der Waals surface area contributed by atoms with Crippen LogP contribution in [0.2, 0.25) is 0 Å². The highest BCUT2D eigenvalue weighted by molar-refractivity contribution is 5.83. The molecule has 7 heteroatoms. The molecule has 1 atom stereocenters. The summed E-state index contributed by atoms with van der Waals surface area (Å²) in [7, 11) is 0. The summed E-state index contributed by atoms with van der Waals surface area (Å²) < 4.78 is 44.3. The Balaban J connectivity index is 1.52. The number of benzene rings is 1. The average molecular weight is 342 g/mol. The van der Waals surface area contributed by atoms with Gasteiger partial charge in [-0.2, -0.15) is 13.2 Å². The number of alkyl halides is 3. The molecule has 24 heavy (non-hydrogen) atoms. The van der Waals surface area contributed by atoms with Gasteiger partial charge in [0.2, 0.25) is 5.91 Å². The van der Waals surface area contributed by atoms with E-state index in [0.717, 1.165) is 45.0 Å². The number of hydrogen-bond donors (Lipinski definition) is 1. The van der Waals surface area contributed by atoms with Crippen LogP contribution in [0.15, 0.2) is 24.3 Å². The van der Waals surface area contributed by atoms with Gasteiger partial charge < -0.3 is 10.1 Å². The van der Waals surface area contributed by atoms with Gasteiger partial charge in [0.1, 0.15) is 5.75 Å². The topological polar surface area (TPSA) is 41.6 Å². The molecule has 0 spiro atoms. The van der Waals surface area contributed by atoms with Crippen molar-refractivity contribution in [3.63, 3.8) is 0 Å². The fraction of sp³-hybridized carbons (Fsp3) is 0.588. The molecule has 1 aromatic carbocycles. The molecule has 1 aromatic rings. The number of hydrogen-bond acceptors (Lipinski definition) is 3. The van der Waals surface area contributed by atoms with Gasteiger partial charge in [-0.3, -0.25) is 9.69 Å². The first-order chi connectivity index (χ1) is 11.4. The zero-order chi connectivity index (χ0) is 17.2. The second-order valence-electron chi connectivity index (χ2n) is 6.38. The van der Waals surface area contributed by atoms with Crippen molar-refractivity contribution in [1.29, 1.82) is 0 Å². The van der Waals surface area contributed by atoms with Crippen molar-refractivity contribution in [2.45, 2.75) is 31.5 Å². The number of rotatable bonds is 4. The van der Waals surface area contributed by atoms with Gasteiger partial charge >= 0.3 is 6.18 Å². The Morgan fingerprint density at radius 3 is 2.50 bits per heavy atom. The molecule has 4 nitrogen and oxygen atoms in total. The smallest absolute Gasteiger partial charge is 0.419 e. The Morgan fingerprint density at radius 1 is 1.17 bits per heavy atom. The monoisotopic (exact) mass is 342 g/mol. The molecule has 2 heterocycles. The fourth-order valence-corrected chi connectivity index (χ4v) is 3.39. The lowest BCUT2D eigenvalue weighted by atomic mass is 9.96. The molecule has 1 N–H and O–H groups in total. The largest absolute Gasteiger partial charge is 0.493 e. The van der Waals surface area contributed by atoms with Crippen LogP contribution in [-0.4, -0.2) is 43.1 Å². The van der Waals surface area contributed by atoms with Gasteiger partial charge in [0.25, 0.3) is 0 Å².